The molecule has 1 atom stereocenters. The monoisotopic (exact) mass is 400 g/mol. The van der Waals surface area contributed by atoms with Gasteiger partial charge in [0.25, 0.3) is 5.91 Å². The molecule has 0 saturated carbocycles. The molecule has 0 fully saturated rings. The highest BCUT2D eigenvalue weighted by Gasteiger charge is 2.13. The van der Waals surface area contributed by atoms with E-state index in [-0.39, 0.29) is 17.5 Å². The Morgan fingerprint density at radius 3 is 2.54 bits per heavy atom. The third kappa shape index (κ3) is 4.55. The van der Waals surface area contributed by atoms with Crippen LogP contribution in [0.5, 0.6) is 5.75 Å². The number of ether oxygens (including phenoxy) is 1. The highest BCUT2D eigenvalue weighted by molar-refractivity contribution is 7.90. The van der Waals surface area contributed by atoms with Gasteiger partial charge in [0.2, 0.25) is 0 Å². The molecule has 0 radical (unpaired) electrons. The average Bonchev–Trinajstić information content (AvgIpc) is 2.66. The lowest BCUT2D eigenvalue weighted by Gasteiger charge is -2.17. The van der Waals surface area contributed by atoms with E-state index in [4.69, 9.17) is 10.5 Å². The van der Waals surface area contributed by atoms with Crippen molar-refractivity contribution in [3.8, 4) is 5.75 Å². The fraction of sp³-hybridized carbons (Fsp3) is 0.211. The van der Waals surface area contributed by atoms with Gasteiger partial charge in [-0.3, -0.25) is 4.79 Å². The molecule has 0 aliphatic heterocycles. The molecule has 0 spiro atoms. The normalized spacial score (nSPS) is 12.5. The number of hydrogen-bond donors (Lipinski definition) is 2. The van der Waals surface area contributed by atoms with Crippen LogP contribution in [0.25, 0.3) is 10.9 Å². The van der Waals surface area contributed by atoms with Crippen LogP contribution < -0.4 is 15.8 Å². The van der Waals surface area contributed by atoms with Gasteiger partial charge in [-0.25, -0.2) is 18.4 Å². The van der Waals surface area contributed by atoms with E-state index in [9.17, 15) is 13.2 Å². The highest BCUT2D eigenvalue weighted by Crippen LogP contribution is 2.27. The van der Waals surface area contributed by atoms with Crippen molar-refractivity contribution in [2.24, 2.45) is 5.73 Å². The molecule has 8 nitrogen and oxygen atoms in total. The standard InChI is InChI=1S/C19H20N4O4S/c1-12(13-3-5-14(6-4-13)27-10-18(20)24)23-19-16-9-15(28(2,25)26)7-8-17(16)21-11-22-19/h3-9,11-12H,10H2,1-2H3,(H2,20,24)(H,21,22,23). The van der Waals surface area contributed by atoms with E-state index in [1.165, 1.54) is 12.4 Å². The van der Waals surface area contributed by atoms with Crippen LogP contribution in [0.3, 0.4) is 0 Å². The number of nitrogens with two attached hydrogens (primary N) is 1. The van der Waals surface area contributed by atoms with E-state index in [1.54, 1.807) is 24.3 Å². The Labute approximate surface area is 162 Å². The minimum atomic E-state index is -3.34. The summed E-state index contributed by atoms with van der Waals surface area (Å²) in [6, 6.07) is 11.9. The molecular weight excluding hydrogens is 380 g/mol. The van der Waals surface area contributed by atoms with Crippen LogP contribution in [0.1, 0.15) is 18.5 Å². The number of sulfone groups is 1. The molecule has 0 saturated heterocycles. The molecule has 146 valence electrons. The molecule has 1 aromatic heterocycles. The molecule has 9 heteroatoms. The SMILES string of the molecule is CC(Nc1ncnc2ccc(S(C)(=O)=O)cc12)c1ccc(OCC(N)=O)cc1. The minimum absolute atomic E-state index is 0.120. The van der Waals surface area contributed by atoms with Gasteiger partial charge in [-0.05, 0) is 42.8 Å². The van der Waals surface area contributed by atoms with Crippen molar-refractivity contribution >= 4 is 32.5 Å². The lowest BCUT2D eigenvalue weighted by molar-refractivity contribution is -0.119. The zero-order valence-corrected chi connectivity index (χ0v) is 16.2. The van der Waals surface area contributed by atoms with Crippen LogP contribution in [0, 0.1) is 0 Å². The molecule has 2 aromatic carbocycles. The maximum atomic E-state index is 11.9. The summed E-state index contributed by atoms with van der Waals surface area (Å²) in [6.45, 7) is 1.77. The second-order valence-electron chi connectivity index (χ2n) is 6.36. The molecule has 0 aliphatic rings. The van der Waals surface area contributed by atoms with Crippen LogP contribution >= 0.6 is 0 Å². The lowest BCUT2D eigenvalue weighted by atomic mass is 10.1. The number of carbonyl (C=O) groups is 1. The first-order chi connectivity index (χ1) is 13.2. The first kappa shape index (κ1) is 19.6. The Morgan fingerprint density at radius 2 is 1.89 bits per heavy atom. The van der Waals surface area contributed by atoms with E-state index in [0.717, 1.165) is 11.8 Å². The second-order valence-corrected chi connectivity index (χ2v) is 8.38. The van der Waals surface area contributed by atoms with Gasteiger partial charge in [0.05, 0.1) is 10.4 Å². The number of aromatic nitrogens is 2. The molecule has 3 rings (SSSR count). The quantitative estimate of drug-likeness (QED) is 0.622. The predicted octanol–water partition coefficient (Wildman–Crippen LogP) is 2.07. The van der Waals surface area contributed by atoms with Gasteiger partial charge in [0.1, 0.15) is 17.9 Å². The fourth-order valence-corrected chi connectivity index (χ4v) is 3.32. The summed E-state index contributed by atoms with van der Waals surface area (Å²) in [6.07, 6.45) is 2.59. The van der Waals surface area contributed by atoms with Gasteiger partial charge in [0, 0.05) is 17.7 Å². The largest absolute Gasteiger partial charge is 0.484 e. The summed E-state index contributed by atoms with van der Waals surface area (Å²) >= 11 is 0. The van der Waals surface area contributed by atoms with Crippen LogP contribution in [-0.4, -0.2) is 37.2 Å². The molecule has 28 heavy (non-hydrogen) atoms. The second kappa shape index (κ2) is 7.81. The maximum Gasteiger partial charge on any atom is 0.255 e. The molecular formula is C19H20N4O4S. The van der Waals surface area contributed by atoms with Crippen molar-refractivity contribution in [3.63, 3.8) is 0 Å². The summed E-state index contributed by atoms with van der Waals surface area (Å²) in [5, 5.41) is 3.91. The number of rotatable bonds is 7. The van der Waals surface area contributed by atoms with Gasteiger partial charge in [-0.2, -0.15) is 0 Å². The fourth-order valence-electron chi connectivity index (χ4n) is 2.68. The summed E-state index contributed by atoms with van der Waals surface area (Å²) in [7, 11) is -3.34. The third-order valence-electron chi connectivity index (χ3n) is 4.15. The summed E-state index contributed by atoms with van der Waals surface area (Å²) in [5.41, 5.74) is 6.67. The zero-order valence-electron chi connectivity index (χ0n) is 15.4. The van der Waals surface area contributed by atoms with Crippen LogP contribution in [0.4, 0.5) is 5.82 Å². The predicted molar refractivity (Wildman–Crippen MR) is 106 cm³/mol. The smallest absolute Gasteiger partial charge is 0.255 e. The van der Waals surface area contributed by atoms with E-state index < -0.39 is 15.7 Å². The Bertz CT molecular complexity index is 1110. The summed E-state index contributed by atoms with van der Waals surface area (Å²) in [4.78, 5) is 19.5. The summed E-state index contributed by atoms with van der Waals surface area (Å²) in [5.74, 6) is 0.542. The molecule has 1 heterocycles. The number of hydrogen-bond acceptors (Lipinski definition) is 7. The van der Waals surface area contributed by atoms with Gasteiger partial charge in [0.15, 0.2) is 16.4 Å². The van der Waals surface area contributed by atoms with Gasteiger partial charge < -0.3 is 15.8 Å². The van der Waals surface area contributed by atoms with Crippen molar-refractivity contribution in [2.75, 3.05) is 18.2 Å². The number of nitrogens with zero attached hydrogens (tertiary/aromatic N) is 2. The molecule has 0 bridgehead atoms. The van der Waals surface area contributed by atoms with Crippen LogP contribution in [0.2, 0.25) is 0 Å². The van der Waals surface area contributed by atoms with Crippen molar-refractivity contribution in [2.45, 2.75) is 17.9 Å². The molecule has 0 aliphatic carbocycles. The lowest BCUT2D eigenvalue weighted by Crippen LogP contribution is -2.20. The Morgan fingerprint density at radius 1 is 1.18 bits per heavy atom. The number of amides is 1. The zero-order chi connectivity index (χ0) is 20.3. The van der Waals surface area contributed by atoms with Crippen molar-refractivity contribution in [1.82, 2.24) is 9.97 Å². The topological polar surface area (TPSA) is 124 Å². The number of fused-ring (bicyclic) bond motifs is 1. The van der Waals surface area contributed by atoms with Crippen molar-refractivity contribution in [1.29, 1.82) is 0 Å². The Kier molecular flexibility index (Phi) is 5.46. The van der Waals surface area contributed by atoms with Crippen LogP contribution in [-0.2, 0) is 14.6 Å². The van der Waals surface area contributed by atoms with E-state index >= 15 is 0 Å². The number of benzene rings is 2. The molecule has 3 N–H and O–H groups in total. The number of carbonyl (C=O) groups excluding carboxylic acids is 1. The molecule has 3 aromatic rings. The molecule has 1 unspecified atom stereocenters. The van der Waals surface area contributed by atoms with Gasteiger partial charge in [-0.15, -0.1) is 0 Å². The Hall–Kier alpha value is -3.20. The Balaban J connectivity index is 1.84. The average molecular weight is 400 g/mol. The highest BCUT2D eigenvalue weighted by atomic mass is 32.2. The van der Waals surface area contributed by atoms with E-state index in [2.05, 4.69) is 15.3 Å². The van der Waals surface area contributed by atoms with Crippen molar-refractivity contribution < 1.29 is 17.9 Å². The van der Waals surface area contributed by atoms with E-state index in [0.29, 0.717) is 22.5 Å². The minimum Gasteiger partial charge on any atom is -0.484 e. The summed E-state index contributed by atoms with van der Waals surface area (Å²) < 4.78 is 29.0. The van der Waals surface area contributed by atoms with Crippen molar-refractivity contribution in [3.05, 3.63) is 54.4 Å². The van der Waals surface area contributed by atoms with Gasteiger partial charge in [-0.1, -0.05) is 12.1 Å². The van der Waals surface area contributed by atoms with Gasteiger partial charge >= 0.3 is 0 Å². The van der Waals surface area contributed by atoms with Crippen LogP contribution in [0.15, 0.2) is 53.7 Å². The first-order valence-electron chi connectivity index (χ1n) is 8.46. The number of nitrogens with one attached hydrogen (secondary N) is 1. The van der Waals surface area contributed by atoms with E-state index in [1.807, 2.05) is 19.1 Å². The number of anilines is 1. The maximum absolute atomic E-state index is 11.9. The number of primary amides is 1. The first-order valence-corrected chi connectivity index (χ1v) is 10.4. The third-order valence-corrected chi connectivity index (χ3v) is 5.26. The molecule has 1 amide bonds.